The van der Waals surface area contributed by atoms with Crippen LogP contribution in [0.25, 0.3) is 75.9 Å². The number of aromatic hydroxyl groups is 4. The first kappa shape index (κ1) is 48.6. The first-order chi connectivity index (χ1) is 34.5. The van der Waals surface area contributed by atoms with Crippen molar-refractivity contribution in [2.75, 3.05) is 13.2 Å². The van der Waals surface area contributed by atoms with Crippen molar-refractivity contribution in [1.29, 1.82) is 0 Å². The van der Waals surface area contributed by atoms with Gasteiger partial charge in [0.1, 0.15) is 10.0 Å². The van der Waals surface area contributed by atoms with Crippen LogP contribution >= 0.6 is 22.7 Å². The average Bonchev–Trinajstić information content (AvgIpc) is 4.16. The van der Waals surface area contributed by atoms with Gasteiger partial charge in [0.2, 0.25) is 0 Å². The van der Waals surface area contributed by atoms with Gasteiger partial charge in [0.05, 0.1) is 33.2 Å². The van der Waals surface area contributed by atoms with Crippen LogP contribution in [0.4, 0.5) is 0 Å². The summed E-state index contributed by atoms with van der Waals surface area (Å²) in [6.45, 7) is 8.73. The topological polar surface area (TPSA) is 75.9 Å². The van der Waals surface area contributed by atoms with Gasteiger partial charge in [-0.25, -0.2) is 0 Å². The van der Waals surface area contributed by atoms with E-state index in [2.05, 4.69) is 95.8 Å². The molecule has 0 radical (unpaired) electrons. The second-order valence-electron chi connectivity index (χ2n) is 16.8. The molecule has 350 valence electrons. The summed E-state index contributed by atoms with van der Waals surface area (Å²) >= 11 is 3.09. The maximum Gasteiger partial charge on any atom is 0.262 e. The quantitative estimate of drug-likeness (QED) is 0.0586. The zero-order chi connectivity index (χ0) is 47.8. The minimum atomic E-state index is 0. The third-order valence-corrected chi connectivity index (χ3v) is 14.2. The largest absolute Gasteiger partial charge is 0.582 e. The van der Waals surface area contributed by atoms with Crippen LogP contribution in [0.15, 0.2) is 217 Å². The molecule has 0 aliphatic carbocycles. The number of thiophene rings is 2. The summed E-state index contributed by atoms with van der Waals surface area (Å²) in [7, 11) is 0. The van der Waals surface area contributed by atoms with Crippen LogP contribution in [0.3, 0.4) is 0 Å². The molecule has 0 amide bonds. The number of aromatic nitrogens is 2. The molecule has 8 aromatic carbocycles. The Balaban J connectivity index is 0.000000360. The number of fused-ring (bicyclic) bond motifs is 6. The van der Waals surface area contributed by atoms with Crippen molar-refractivity contribution in [3.05, 3.63) is 242 Å². The number of benzene rings is 8. The van der Waals surface area contributed by atoms with Crippen molar-refractivity contribution in [3.8, 4) is 55.3 Å². The van der Waals surface area contributed by atoms with Gasteiger partial charge in [0.25, 0.3) is 11.5 Å². The van der Waals surface area contributed by atoms with Gasteiger partial charge in [-0.1, -0.05) is 109 Å². The Morgan fingerprint density at radius 2 is 0.662 bits per heavy atom. The van der Waals surface area contributed by atoms with Gasteiger partial charge in [-0.05, 0) is 36.4 Å². The Morgan fingerprint density at radius 1 is 0.366 bits per heavy atom. The first-order valence-corrected chi connectivity index (χ1v) is 25.1. The van der Waals surface area contributed by atoms with E-state index in [1.54, 1.807) is 22.7 Å². The fraction of sp³-hybridized carbons (Fsp3) is 0.0645. The van der Waals surface area contributed by atoms with Crippen molar-refractivity contribution in [3.63, 3.8) is 0 Å². The molecule has 0 aliphatic heterocycles. The van der Waals surface area contributed by atoms with Crippen molar-refractivity contribution < 1.29 is 45.5 Å². The van der Waals surface area contributed by atoms with E-state index in [9.17, 15) is 10.2 Å². The molecule has 4 N–H and O–H groups in total. The number of rotatable bonds is 11. The van der Waals surface area contributed by atoms with Crippen LogP contribution in [0.2, 0.25) is 0 Å². The Hall–Kier alpha value is -7.43. The predicted molar refractivity (Wildman–Crippen MR) is 296 cm³/mol. The van der Waals surface area contributed by atoms with E-state index in [0.717, 1.165) is 111 Å². The molecule has 0 bridgehead atoms. The molecule has 0 spiro atoms. The second-order valence-corrected chi connectivity index (χ2v) is 18.5. The molecule has 4 aromatic heterocycles. The summed E-state index contributed by atoms with van der Waals surface area (Å²) in [5.41, 5.74) is 9.83. The fourth-order valence-electron chi connectivity index (χ4n) is 8.92. The standard InChI is InChI=1S/C48H36N2O4S2.2C7H7.Hf/c51-45-37(29-55-47(45)49-39-21-7-1-15-31(39)32-16-2-8-22-40(32)49)35-19-5-11-25-43(35)53-27-13-14-28-54-44-26-12-6-20-36(44)38-30-56-48(46(38)52)50-41-23-9-3-17-33(41)34-18-4-10-24-42(34)50;2*1-7-5-3-2-4-6-7;/h1-12,15-26,29-30,51-52H,13-14,27-28H2;2*2-6H,1H2;/q;2*-1;/p+2. The third kappa shape index (κ3) is 10.3. The SMILES string of the molecule is Oc1c(-c2ccccc2[OH+]CCCC[OH+]c2ccccc2-c2csc(-n3c4ccccc4c4ccccc43)c2O)csc1-n1c2ccccc2c2ccccc21.[CH2-]c1ccccc1.[CH2-]c1ccccc1.[Hf]. The maximum atomic E-state index is 11.7. The molecule has 0 saturated carbocycles. The monoisotopic (exact) mass is 1130 g/mol. The molecule has 4 heterocycles. The second kappa shape index (κ2) is 22.5. The number of nitrogens with zero attached hydrogens (tertiary/aromatic N) is 2. The molecule has 12 rings (SSSR count). The molecule has 71 heavy (non-hydrogen) atoms. The van der Waals surface area contributed by atoms with E-state index in [4.69, 9.17) is 9.47 Å². The summed E-state index contributed by atoms with van der Waals surface area (Å²) in [5.74, 6) is 2.26. The smallest absolute Gasteiger partial charge is 0.262 e. The number of hydrogen-bond acceptors (Lipinski definition) is 4. The molecule has 6 nitrogen and oxygen atoms in total. The molecular formula is C62H52HfN2O4S2. The fourth-order valence-corrected chi connectivity index (χ4v) is 10.9. The molecule has 0 saturated heterocycles. The van der Waals surface area contributed by atoms with Gasteiger partial charge in [0, 0.05) is 94.2 Å². The van der Waals surface area contributed by atoms with E-state index < -0.39 is 0 Å². The van der Waals surface area contributed by atoms with E-state index >= 15 is 0 Å². The summed E-state index contributed by atoms with van der Waals surface area (Å²) in [6, 6.07) is 69.3. The Kier molecular flexibility index (Phi) is 15.4. The van der Waals surface area contributed by atoms with Crippen molar-refractivity contribution >= 4 is 66.3 Å². The average molecular weight is 1130 g/mol. The number of ether oxygens (including phenoxy) is 2. The zero-order valence-electron chi connectivity index (χ0n) is 39.0. The maximum absolute atomic E-state index is 11.7. The minimum Gasteiger partial charge on any atom is -0.582 e. The first-order valence-electron chi connectivity index (χ1n) is 23.3. The number of unbranched alkanes of at least 4 members (excludes halogenated alkanes) is 1. The van der Waals surface area contributed by atoms with E-state index in [-0.39, 0.29) is 37.3 Å². The van der Waals surface area contributed by atoms with Crippen LogP contribution in [0, 0.1) is 13.8 Å². The molecule has 0 aliphatic rings. The molecule has 12 aromatic rings. The van der Waals surface area contributed by atoms with Crippen LogP contribution in [-0.2, 0) is 25.8 Å². The van der Waals surface area contributed by atoms with Crippen molar-refractivity contribution in [2.45, 2.75) is 12.8 Å². The van der Waals surface area contributed by atoms with Crippen LogP contribution < -0.4 is 0 Å². The molecule has 0 atom stereocenters. The Labute approximate surface area is 441 Å². The van der Waals surface area contributed by atoms with Gasteiger partial charge >= 0.3 is 0 Å². The Bertz CT molecular complexity index is 3340. The zero-order valence-corrected chi connectivity index (χ0v) is 44.3. The van der Waals surface area contributed by atoms with Crippen LogP contribution in [0.5, 0.6) is 23.0 Å². The van der Waals surface area contributed by atoms with Crippen molar-refractivity contribution in [2.24, 2.45) is 0 Å². The molecule has 0 fully saturated rings. The van der Waals surface area contributed by atoms with E-state index in [0.29, 0.717) is 13.2 Å². The summed E-state index contributed by atoms with van der Waals surface area (Å²) in [6.07, 6.45) is 1.73. The van der Waals surface area contributed by atoms with Gasteiger partial charge < -0.3 is 19.7 Å². The molecule has 0 unspecified atom stereocenters. The van der Waals surface area contributed by atoms with Gasteiger partial charge in [-0.15, -0.1) is 46.9 Å². The molecule has 9 heteroatoms. The van der Waals surface area contributed by atoms with Crippen molar-refractivity contribution in [1.82, 2.24) is 9.13 Å². The van der Waals surface area contributed by atoms with Crippen LogP contribution in [-0.4, -0.2) is 42.0 Å². The summed E-state index contributed by atoms with van der Waals surface area (Å²) in [5, 5.41) is 33.8. The number of hydrogen-bond donors (Lipinski definition) is 2. The van der Waals surface area contributed by atoms with Gasteiger partial charge in [-0.3, -0.25) is 9.13 Å². The van der Waals surface area contributed by atoms with Crippen LogP contribution in [0.1, 0.15) is 24.0 Å². The predicted octanol–water partition coefficient (Wildman–Crippen LogP) is 16.4. The molecular weight excluding hydrogens is 1080 g/mol. The van der Waals surface area contributed by atoms with Gasteiger partial charge in [-0.2, -0.15) is 49.2 Å². The Morgan fingerprint density at radius 3 is 0.986 bits per heavy atom. The van der Waals surface area contributed by atoms with E-state index in [1.165, 1.54) is 0 Å². The van der Waals surface area contributed by atoms with E-state index in [1.807, 2.05) is 144 Å². The number of para-hydroxylation sites is 6. The normalized spacial score (nSPS) is 10.9. The summed E-state index contributed by atoms with van der Waals surface area (Å²) < 4.78 is 14.3. The number of aliphatic hydroxyl groups is 2. The van der Waals surface area contributed by atoms with Gasteiger partial charge in [0.15, 0.2) is 24.7 Å². The summed E-state index contributed by atoms with van der Waals surface area (Å²) in [4.78, 5) is 0. The third-order valence-electron chi connectivity index (χ3n) is 12.3. The minimum absolute atomic E-state index is 0.